The number of aliphatic hydroxyl groups is 2. The fraction of sp³-hybridized carbons (Fsp3) is 0.417. The quantitative estimate of drug-likeness (QED) is 0.391. The van der Waals surface area contributed by atoms with Crippen molar-refractivity contribution in [3.05, 3.63) is 38.4 Å². The van der Waals surface area contributed by atoms with Crippen LogP contribution < -0.4 is 5.43 Å². The third-order valence-corrected chi connectivity index (χ3v) is 2.82. The van der Waals surface area contributed by atoms with Crippen molar-refractivity contribution in [1.29, 1.82) is 0 Å². The molecule has 10 nitrogen and oxygen atoms in total. The second-order valence-electron chi connectivity index (χ2n) is 4.69. The minimum Gasteiger partial charge on any atom is -0.391 e. The van der Waals surface area contributed by atoms with E-state index in [1.165, 1.54) is 13.0 Å². The number of rotatable bonds is 7. The van der Waals surface area contributed by atoms with Crippen LogP contribution >= 0.6 is 0 Å². The largest absolute Gasteiger partial charge is 0.391 e. The van der Waals surface area contributed by atoms with Gasteiger partial charge in [0, 0.05) is 18.2 Å². The van der Waals surface area contributed by atoms with Gasteiger partial charge in [-0.25, -0.2) is 0 Å². The van der Waals surface area contributed by atoms with E-state index >= 15 is 0 Å². The summed E-state index contributed by atoms with van der Waals surface area (Å²) >= 11 is 0. The van der Waals surface area contributed by atoms with Crippen LogP contribution in [0.1, 0.15) is 20.3 Å². The van der Waals surface area contributed by atoms with Crippen LogP contribution in [0.25, 0.3) is 0 Å². The van der Waals surface area contributed by atoms with Crippen molar-refractivity contribution in [3.8, 4) is 0 Å². The summed E-state index contributed by atoms with van der Waals surface area (Å²) < 4.78 is 0. The monoisotopic (exact) mass is 312 g/mol. The van der Waals surface area contributed by atoms with Gasteiger partial charge in [0.1, 0.15) is 5.69 Å². The Balaban J connectivity index is 2.93. The standard InChI is InChI=1S/C12H16N4O6/c1-7(5-12(18)8(2)17)13-14-10-4-3-9(15(19)20)6-11(10)16(21)22/h3-4,6,8,12,14,17-18H,5H2,1-2H3. The maximum absolute atomic E-state index is 10.9. The molecule has 0 saturated carbocycles. The number of nitrogens with one attached hydrogen (secondary N) is 1. The molecule has 2 unspecified atom stereocenters. The van der Waals surface area contributed by atoms with E-state index in [1.54, 1.807) is 6.92 Å². The second kappa shape index (κ2) is 7.43. The number of aliphatic hydroxyl groups excluding tert-OH is 2. The normalized spacial score (nSPS) is 14.3. The third-order valence-electron chi connectivity index (χ3n) is 2.82. The lowest BCUT2D eigenvalue weighted by Crippen LogP contribution is -2.25. The molecule has 0 radical (unpaired) electrons. The summed E-state index contributed by atoms with van der Waals surface area (Å²) in [6.45, 7) is 2.99. The fourth-order valence-electron chi connectivity index (χ4n) is 1.55. The van der Waals surface area contributed by atoms with Gasteiger partial charge in [-0.2, -0.15) is 5.10 Å². The highest BCUT2D eigenvalue weighted by Gasteiger charge is 2.19. The Morgan fingerprint density at radius 1 is 1.32 bits per heavy atom. The molecule has 0 aliphatic carbocycles. The first kappa shape index (κ1) is 17.5. The summed E-state index contributed by atoms with van der Waals surface area (Å²) in [7, 11) is 0. The van der Waals surface area contributed by atoms with Crippen LogP contribution in [0.15, 0.2) is 23.3 Å². The highest BCUT2D eigenvalue weighted by atomic mass is 16.6. The van der Waals surface area contributed by atoms with Crippen molar-refractivity contribution in [2.75, 3.05) is 5.43 Å². The van der Waals surface area contributed by atoms with Crippen LogP contribution in [0.2, 0.25) is 0 Å². The molecule has 120 valence electrons. The van der Waals surface area contributed by atoms with Gasteiger partial charge in [0.25, 0.3) is 5.69 Å². The highest BCUT2D eigenvalue weighted by molar-refractivity contribution is 5.83. The van der Waals surface area contributed by atoms with E-state index in [2.05, 4.69) is 10.5 Å². The van der Waals surface area contributed by atoms with Crippen LogP contribution in [-0.2, 0) is 0 Å². The zero-order chi connectivity index (χ0) is 16.9. The first-order chi connectivity index (χ1) is 10.2. The van der Waals surface area contributed by atoms with Crippen LogP contribution in [0.4, 0.5) is 17.1 Å². The third kappa shape index (κ3) is 4.75. The van der Waals surface area contributed by atoms with Gasteiger partial charge in [-0.3, -0.25) is 25.7 Å². The van der Waals surface area contributed by atoms with Crippen molar-refractivity contribution in [2.45, 2.75) is 32.5 Å². The molecule has 0 saturated heterocycles. The molecule has 1 rings (SSSR count). The molecule has 22 heavy (non-hydrogen) atoms. The van der Waals surface area contributed by atoms with Gasteiger partial charge in [0.2, 0.25) is 0 Å². The molecule has 0 aliphatic heterocycles. The van der Waals surface area contributed by atoms with Gasteiger partial charge < -0.3 is 10.2 Å². The molecule has 0 bridgehead atoms. The number of anilines is 1. The number of nitro groups is 2. The molecule has 0 aromatic heterocycles. The smallest absolute Gasteiger partial charge is 0.301 e. The predicted molar refractivity (Wildman–Crippen MR) is 78.8 cm³/mol. The van der Waals surface area contributed by atoms with Crippen LogP contribution in [-0.4, -0.2) is 38.0 Å². The van der Waals surface area contributed by atoms with Gasteiger partial charge >= 0.3 is 5.69 Å². The van der Waals surface area contributed by atoms with Crippen molar-refractivity contribution in [3.63, 3.8) is 0 Å². The number of hydrogen-bond donors (Lipinski definition) is 3. The molecule has 0 aliphatic rings. The number of hydrogen-bond acceptors (Lipinski definition) is 8. The molecule has 3 N–H and O–H groups in total. The number of benzene rings is 1. The zero-order valence-electron chi connectivity index (χ0n) is 12.0. The molecule has 0 amide bonds. The Kier molecular flexibility index (Phi) is 5.90. The lowest BCUT2D eigenvalue weighted by molar-refractivity contribution is -0.393. The summed E-state index contributed by atoms with van der Waals surface area (Å²) in [6.07, 6.45) is -1.86. The maximum Gasteiger partial charge on any atom is 0.301 e. The Hall–Kier alpha value is -2.59. The average molecular weight is 312 g/mol. The molecule has 0 heterocycles. The zero-order valence-corrected chi connectivity index (χ0v) is 12.0. The van der Waals surface area contributed by atoms with Crippen LogP contribution in [0.5, 0.6) is 0 Å². The van der Waals surface area contributed by atoms with Crippen molar-refractivity contribution in [1.82, 2.24) is 0 Å². The molecule has 1 aromatic carbocycles. The fourth-order valence-corrected chi connectivity index (χ4v) is 1.55. The van der Waals surface area contributed by atoms with Gasteiger partial charge in [0.05, 0.1) is 28.1 Å². The highest BCUT2D eigenvalue weighted by Crippen LogP contribution is 2.28. The first-order valence-corrected chi connectivity index (χ1v) is 6.30. The van der Waals surface area contributed by atoms with E-state index in [0.29, 0.717) is 5.71 Å². The predicted octanol–water partition coefficient (Wildman–Crippen LogP) is 1.42. The van der Waals surface area contributed by atoms with E-state index < -0.39 is 33.4 Å². The van der Waals surface area contributed by atoms with E-state index in [4.69, 9.17) is 0 Å². The van der Waals surface area contributed by atoms with Crippen molar-refractivity contribution < 1.29 is 20.1 Å². The molecule has 0 spiro atoms. The molecular weight excluding hydrogens is 296 g/mol. The van der Waals surface area contributed by atoms with E-state index in [1.807, 2.05) is 0 Å². The van der Waals surface area contributed by atoms with Gasteiger partial charge in [-0.15, -0.1) is 0 Å². The topological polar surface area (TPSA) is 151 Å². The van der Waals surface area contributed by atoms with Gasteiger partial charge in [-0.1, -0.05) is 0 Å². The number of non-ortho nitro benzene ring substituents is 1. The van der Waals surface area contributed by atoms with Gasteiger partial charge in [0.15, 0.2) is 0 Å². The minimum atomic E-state index is -1.00. The summed E-state index contributed by atoms with van der Waals surface area (Å²) in [5.41, 5.74) is 1.94. The molecule has 0 fully saturated rings. The number of nitro benzene ring substituents is 2. The first-order valence-electron chi connectivity index (χ1n) is 6.30. The second-order valence-corrected chi connectivity index (χ2v) is 4.69. The van der Waals surface area contributed by atoms with Crippen LogP contribution in [0, 0.1) is 20.2 Å². The maximum atomic E-state index is 10.9. The van der Waals surface area contributed by atoms with Crippen LogP contribution in [0.3, 0.4) is 0 Å². The molecule has 10 heteroatoms. The summed E-state index contributed by atoms with van der Waals surface area (Å²) in [4.78, 5) is 20.1. The molecule has 1 aromatic rings. The number of hydrazone groups is 1. The lowest BCUT2D eigenvalue weighted by Gasteiger charge is -2.12. The minimum absolute atomic E-state index is 0.0125. The Bertz CT molecular complexity index is 601. The summed E-state index contributed by atoms with van der Waals surface area (Å²) in [6, 6.07) is 3.13. The summed E-state index contributed by atoms with van der Waals surface area (Å²) in [5.74, 6) is 0. The Morgan fingerprint density at radius 3 is 2.45 bits per heavy atom. The van der Waals surface area contributed by atoms with Crippen molar-refractivity contribution >= 4 is 22.8 Å². The van der Waals surface area contributed by atoms with E-state index in [-0.39, 0.29) is 12.1 Å². The SMILES string of the molecule is CC(CC(O)C(C)O)=NNc1ccc([N+](=O)[O-])cc1[N+](=O)[O-]. The molecular formula is C12H16N4O6. The van der Waals surface area contributed by atoms with Crippen molar-refractivity contribution in [2.24, 2.45) is 5.10 Å². The lowest BCUT2D eigenvalue weighted by atomic mass is 10.1. The van der Waals surface area contributed by atoms with Gasteiger partial charge in [-0.05, 0) is 19.9 Å². The Morgan fingerprint density at radius 2 is 1.95 bits per heavy atom. The summed E-state index contributed by atoms with van der Waals surface area (Å²) in [5, 5.41) is 44.1. The molecule has 2 atom stereocenters. The Labute approximate surface area is 125 Å². The average Bonchev–Trinajstić information content (AvgIpc) is 2.44. The van der Waals surface area contributed by atoms with E-state index in [0.717, 1.165) is 12.1 Å². The number of nitrogens with zero attached hydrogens (tertiary/aromatic N) is 3. The van der Waals surface area contributed by atoms with E-state index in [9.17, 15) is 30.4 Å².